The van der Waals surface area contributed by atoms with Crippen LogP contribution in [0.2, 0.25) is 0 Å². The van der Waals surface area contributed by atoms with Gasteiger partial charge in [0.1, 0.15) is 11.6 Å². The second-order valence-electron chi connectivity index (χ2n) is 5.95. The lowest BCUT2D eigenvalue weighted by Crippen LogP contribution is -1.93. The van der Waals surface area contributed by atoms with Gasteiger partial charge < -0.3 is 9.51 Å². The van der Waals surface area contributed by atoms with Crippen LogP contribution in [0.15, 0.2) is 40.9 Å². The fourth-order valence-corrected chi connectivity index (χ4v) is 3.10. The fraction of sp³-hybridized carbons (Fsp3) is 0.158. The largest absolute Gasteiger partial charge is 0.361 e. The number of rotatable bonds is 2. The van der Waals surface area contributed by atoms with Gasteiger partial charge in [0.05, 0.1) is 22.6 Å². The van der Waals surface area contributed by atoms with E-state index >= 15 is 0 Å². The molecule has 0 aliphatic carbocycles. The first kappa shape index (κ1) is 14.6. The summed E-state index contributed by atoms with van der Waals surface area (Å²) in [5, 5.41) is 4.89. The van der Waals surface area contributed by atoms with Gasteiger partial charge in [-0.25, -0.2) is 9.37 Å². The summed E-state index contributed by atoms with van der Waals surface area (Å²) in [4.78, 5) is 8.07. The maximum Gasteiger partial charge on any atom is 0.143 e. The molecule has 0 saturated carbocycles. The number of aromatic nitrogens is 3. The Morgan fingerprint density at radius 1 is 1.08 bits per heavy atom. The monoisotopic (exact) mass is 321 g/mol. The minimum absolute atomic E-state index is 0.291. The Morgan fingerprint density at radius 2 is 1.88 bits per heavy atom. The predicted octanol–water partition coefficient (Wildman–Crippen LogP) is 4.95. The molecule has 4 nitrogen and oxygen atoms in total. The third-order valence-corrected chi connectivity index (χ3v) is 4.17. The van der Waals surface area contributed by atoms with Crippen LogP contribution in [0.25, 0.3) is 33.4 Å². The van der Waals surface area contributed by atoms with Gasteiger partial charge in [-0.3, -0.25) is 0 Å². The van der Waals surface area contributed by atoms with E-state index in [4.69, 9.17) is 9.51 Å². The Balaban J connectivity index is 2.07. The average molecular weight is 321 g/mol. The Labute approximate surface area is 138 Å². The highest BCUT2D eigenvalue weighted by Gasteiger charge is 2.18. The van der Waals surface area contributed by atoms with Crippen LogP contribution in [-0.4, -0.2) is 15.1 Å². The Kier molecular flexibility index (Phi) is 3.23. The number of nitrogens with one attached hydrogen (secondary N) is 1. The van der Waals surface area contributed by atoms with Crippen molar-refractivity contribution in [3.63, 3.8) is 0 Å². The number of hydrogen-bond donors (Lipinski definition) is 1. The van der Waals surface area contributed by atoms with Crippen molar-refractivity contribution >= 4 is 10.9 Å². The number of halogens is 1. The lowest BCUT2D eigenvalue weighted by molar-refractivity contribution is 0.393. The first-order chi connectivity index (χ1) is 11.5. The number of pyridine rings is 1. The van der Waals surface area contributed by atoms with E-state index in [0.29, 0.717) is 17.0 Å². The number of nitrogens with zero attached hydrogens (tertiary/aromatic N) is 2. The van der Waals surface area contributed by atoms with Crippen molar-refractivity contribution < 1.29 is 8.91 Å². The zero-order chi connectivity index (χ0) is 16.8. The molecule has 3 aromatic heterocycles. The minimum Gasteiger partial charge on any atom is -0.361 e. The highest BCUT2D eigenvalue weighted by molar-refractivity contribution is 5.96. The highest BCUT2D eigenvalue weighted by Crippen LogP contribution is 2.34. The molecule has 0 unspecified atom stereocenters. The minimum atomic E-state index is -0.291. The summed E-state index contributed by atoms with van der Waals surface area (Å²) in [7, 11) is 0. The molecule has 4 aromatic rings. The normalized spacial score (nSPS) is 11.3. The summed E-state index contributed by atoms with van der Waals surface area (Å²) in [6, 6.07) is 10.6. The van der Waals surface area contributed by atoms with E-state index < -0.39 is 0 Å². The molecule has 0 aliphatic rings. The van der Waals surface area contributed by atoms with Crippen molar-refractivity contribution in [3.8, 4) is 22.5 Å². The molecule has 3 heterocycles. The molecule has 0 bridgehead atoms. The van der Waals surface area contributed by atoms with Gasteiger partial charge in [-0.15, -0.1) is 0 Å². The molecular weight excluding hydrogens is 305 g/mol. The molecular formula is C19H16FN3O. The maximum atomic E-state index is 14.4. The van der Waals surface area contributed by atoms with Crippen LogP contribution in [-0.2, 0) is 0 Å². The molecule has 1 N–H and O–H groups in total. The molecule has 0 atom stereocenters. The van der Waals surface area contributed by atoms with E-state index in [1.807, 2.05) is 39.0 Å². The van der Waals surface area contributed by atoms with Gasteiger partial charge in [0.25, 0.3) is 0 Å². The summed E-state index contributed by atoms with van der Waals surface area (Å²) in [5.41, 5.74) is 5.35. The summed E-state index contributed by atoms with van der Waals surface area (Å²) < 4.78 is 19.6. The zero-order valence-electron chi connectivity index (χ0n) is 13.6. The van der Waals surface area contributed by atoms with E-state index in [0.717, 1.165) is 33.5 Å². The van der Waals surface area contributed by atoms with Crippen molar-refractivity contribution in [1.29, 1.82) is 0 Å². The number of fused-ring (bicyclic) bond motifs is 1. The van der Waals surface area contributed by atoms with Crippen molar-refractivity contribution in [3.05, 3.63) is 59.4 Å². The predicted molar refractivity (Wildman–Crippen MR) is 91.2 cm³/mol. The lowest BCUT2D eigenvalue weighted by Gasteiger charge is -2.08. The molecule has 0 aliphatic heterocycles. The van der Waals surface area contributed by atoms with Crippen molar-refractivity contribution in [2.45, 2.75) is 20.8 Å². The molecule has 120 valence electrons. The molecule has 4 rings (SSSR count). The van der Waals surface area contributed by atoms with Gasteiger partial charge in [0, 0.05) is 22.2 Å². The van der Waals surface area contributed by atoms with Gasteiger partial charge in [-0.1, -0.05) is 17.3 Å². The summed E-state index contributed by atoms with van der Waals surface area (Å²) in [6.45, 7) is 5.70. The molecule has 0 radical (unpaired) electrons. The smallest absolute Gasteiger partial charge is 0.143 e. The first-order valence-corrected chi connectivity index (χ1v) is 7.73. The summed E-state index contributed by atoms with van der Waals surface area (Å²) >= 11 is 0. The van der Waals surface area contributed by atoms with Crippen LogP contribution in [0, 0.1) is 26.6 Å². The van der Waals surface area contributed by atoms with E-state index in [9.17, 15) is 4.39 Å². The van der Waals surface area contributed by atoms with Crippen LogP contribution >= 0.6 is 0 Å². The number of benzene rings is 1. The second-order valence-corrected chi connectivity index (χ2v) is 5.95. The quantitative estimate of drug-likeness (QED) is 0.568. The molecule has 0 amide bonds. The standard InChI is InChI=1S/C19H16FN3O/c1-10-8-14-16(21-10)9-17(18-11(2)23-24-12(18)3)22-19(14)13-6-4-5-7-15(13)20/h4-9,21H,1-3H3. The topological polar surface area (TPSA) is 54.7 Å². The maximum absolute atomic E-state index is 14.4. The van der Waals surface area contributed by atoms with E-state index in [2.05, 4.69) is 10.1 Å². The molecule has 24 heavy (non-hydrogen) atoms. The van der Waals surface area contributed by atoms with Crippen LogP contribution in [0.5, 0.6) is 0 Å². The highest BCUT2D eigenvalue weighted by atomic mass is 19.1. The number of aryl methyl sites for hydroxylation is 3. The summed E-state index contributed by atoms with van der Waals surface area (Å²) in [5.74, 6) is 0.406. The SMILES string of the molecule is Cc1cc2c(-c3ccccc3F)nc(-c3c(C)noc3C)cc2[nH]1. The van der Waals surface area contributed by atoms with Gasteiger partial charge >= 0.3 is 0 Å². The van der Waals surface area contributed by atoms with Gasteiger partial charge in [0.15, 0.2) is 0 Å². The van der Waals surface area contributed by atoms with Crippen LogP contribution in [0.1, 0.15) is 17.1 Å². The van der Waals surface area contributed by atoms with Crippen molar-refractivity contribution in [2.24, 2.45) is 0 Å². The number of H-pyrrole nitrogens is 1. The Morgan fingerprint density at radius 3 is 2.58 bits per heavy atom. The summed E-state index contributed by atoms with van der Waals surface area (Å²) in [6.07, 6.45) is 0. The van der Waals surface area contributed by atoms with Crippen molar-refractivity contribution in [1.82, 2.24) is 15.1 Å². The van der Waals surface area contributed by atoms with Gasteiger partial charge in [0.2, 0.25) is 0 Å². The van der Waals surface area contributed by atoms with Crippen LogP contribution in [0.4, 0.5) is 4.39 Å². The third kappa shape index (κ3) is 2.21. The Hall–Kier alpha value is -2.95. The molecule has 0 spiro atoms. The van der Waals surface area contributed by atoms with Crippen LogP contribution < -0.4 is 0 Å². The fourth-order valence-electron chi connectivity index (χ4n) is 3.10. The van der Waals surface area contributed by atoms with Crippen LogP contribution in [0.3, 0.4) is 0 Å². The van der Waals surface area contributed by atoms with Gasteiger partial charge in [-0.2, -0.15) is 0 Å². The van der Waals surface area contributed by atoms with Crippen molar-refractivity contribution in [2.75, 3.05) is 0 Å². The van der Waals surface area contributed by atoms with Gasteiger partial charge in [-0.05, 0) is 45.0 Å². The molecule has 5 heteroatoms. The van der Waals surface area contributed by atoms with E-state index in [-0.39, 0.29) is 5.82 Å². The molecule has 1 aromatic carbocycles. The average Bonchev–Trinajstić information content (AvgIpc) is 3.08. The van der Waals surface area contributed by atoms with E-state index in [1.54, 1.807) is 12.1 Å². The lowest BCUT2D eigenvalue weighted by atomic mass is 10.0. The number of aromatic amines is 1. The first-order valence-electron chi connectivity index (χ1n) is 7.73. The molecule has 0 fully saturated rings. The Bertz CT molecular complexity index is 1040. The third-order valence-electron chi connectivity index (χ3n) is 4.17. The molecule has 0 saturated heterocycles. The second kappa shape index (κ2) is 5.30. The van der Waals surface area contributed by atoms with E-state index in [1.165, 1.54) is 6.07 Å². The number of hydrogen-bond acceptors (Lipinski definition) is 3. The zero-order valence-corrected chi connectivity index (χ0v) is 13.6.